The fourth-order valence-corrected chi connectivity index (χ4v) is 2.68. The third-order valence-corrected chi connectivity index (χ3v) is 3.84. The van der Waals surface area contributed by atoms with Gasteiger partial charge in [0, 0.05) is 18.7 Å². The van der Waals surface area contributed by atoms with E-state index in [1.54, 1.807) is 11.8 Å². The van der Waals surface area contributed by atoms with Gasteiger partial charge in [-0.05, 0) is 46.1 Å². The molecule has 1 N–H and O–H groups in total. The highest BCUT2D eigenvalue weighted by Crippen LogP contribution is 2.27. The molecule has 1 amide bonds. The Labute approximate surface area is 150 Å². The van der Waals surface area contributed by atoms with Crippen molar-refractivity contribution in [3.8, 4) is 11.8 Å². The normalized spacial score (nSPS) is 15.9. The molecule has 0 spiro atoms. The fraction of sp³-hybridized carbons (Fsp3) is 0.476. The van der Waals surface area contributed by atoms with Crippen LogP contribution in [0.5, 0.6) is 0 Å². The molecule has 1 aromatic carbocycles. The van der Waals surface area contributed by atoms with Crippen molar-refractivity contribution in [2.45, 2.75) is 52.2 Å². The zero-order chi connectivity index (χ0) is 18.4. The SMILES string of the molecule is CC(O)C#CC(=C1CCN(C(=O)OC(C)(C)C)CC1)c1ccccc1. The quantitative estimate of drug-likeness (QED) is 0.789. The van der Waals surface area contributed by atoms with Crippen LogP contribution >= 0.6 is 0 Å². The third-order valence-electron chi connectivity index (χ3n) is 3.84. The van der Waals surface area contributed by atoms with Crippen LogP contribution in [0.25, 0.3) is 5.57 Å². The second-order valence-corrected chi connectivity index (χ2v) is 7.26. The lowest BCUT2D eigenvalue weighted by atomic mass is 9.93. The van der Waals surface area contributed by atoms with Crippen molar-refractivity contribution in [2.24, 2.45) is 0 Å². The molecule has 1 aliphatic heterocycles. The van der Waals surface area contributed by atoms with Crippen molar-refractivity contribution in [1.29, 1.82) is 0 Å². The van der Waals surface area contributed by atoms with Crippen LogP contribution in [0.15, 0.2) is 35.9 Å². The largest absolute Gasteiger partial charge is 0.444 e. The Bertz CT molecular complexity index is 677. The first-order valence-electron chi connectivity index (χ1n) is 8.71. The van der Waals surface area contributed by atoms with Crippen molar-refractivity contribution in [1.82, 2.24) is 4.90 Å². The Hall–Kier alpha value is -2.25. The van der Waals surface area contributed by atoms with E-state index in [0.717, 1.165) is 24.0 Å². The Balaban J connectivity index is 2.18. The summed E-state index contributed by atoms with van der Waals surface area (Å²) in [6.45, 7) is 8.53. The van der Waals surface area contributed by atoms with Crippen LogP contribution in [0.1, 0.15) is 46.1 Å². The average Bonchev–Trinajstić information content (AvgIpc) is 2.55. The molecule has 1 fully saturated rings. The summed E-state index contributed by atoms with van der Waals surface area (Å²) in [7, 11) is 0. The first-order chi connectivity index (χ1) is 11.8. The molecule has 1 aliphatic rings. The van der Waals surface area contributed by atoms with Crippen LogP contribution in [-0.2, 0) is 4.74 Å². The van der Waals surface area contributed by atoms with Gasteiger partial charge >= 0.3 is 6.09 Å². The van der Waals surface area contributed by atoms with E-state index in [0.29, 0.717) is 13.1 Å². The molecule has 4 nitrogen and oxygen atoms in total. The Morgan fingerprint density at radius 3 is 2.32 bits per heavy atom. The van der Waals surface area contributed by atoms with Crippen molar-refractivity contribution < 1.29 is 14.6 Å². The summed E-state index contributed by atoms with van der Waals surface area (Å²) >= 11 is 0. The number of allylic oxidation sites excluding steroid dienone is 1. The predicted octanol–water partition coefficient (Wildman–Crippen LogP) is 3.86. The first kappa shape index (κ1) is 19.1. The van der Waals surface area contributed by atoms with Gasteiger partial charge in [0.2, 0.25) is 0 Å². The highest BCUT2D eigenvalue weighted by molar-refractivity contribution is 5.81. The molecule has 1 aromatic rings. The monoisotopic (exact) mass is 341 g/mol. The van der Waals surface area contributed by atoms with E-state index in [9.17, 15) is 9.90 Å². The van der Waals surface area contributed by atoms with Crippen molar-refractivity contribution in [3.05, 3.63) is 41.5 Å². The molecule has 2 rings (SSSR count). The highest BCUT2D eigenvalue weighted by Gasteiger charge is 2.25. The number of likely N-dealkylation sites (tertiary alicyclic amines) is 1. The summed E-state index contributed by atoms with van der Waals surface area (Å²) in [5.41, 5.74) is 2.76. The van der Waals surface area contributed by atoms with Crippen molar-refractivity contribution in [2.75, 3.05) is 13.1 Å². The van der Waals surface area contributed by atoms with E-state index in [4.69, 9.17) is 4.74 Å². The number of benzene rings is 1. The number of aliphatic hydroxyl groups is 1. The number of nitrogens with zero attached hydrogens (tertiary/aromatic N) is 1. The van der Waals surface area contributed by atoms with Gasteiger partial charge in [0.1, 0.15) is 11.7 Å². The first-order valence-corrected chi connectivity index (χ1v) is 8.71. The van der Waals surface area contributed by atoms with Crippen LogP contribution < -0.4 is 0 Å². The molecule has 0 saturated carbocycles. The number of carbonyl (C=O) groups excluding carboxylic acids is 1. The Morgan fingerprint density at radius 1 is 1.20 bits per heavy atom. The summed E-state index contributed by atoms with van der Waals surface area (Å²) < 4.78 is 5.45. The van der Waals surface area contributed by atoms with Crippen LogP contribution in [0.2, 0.25) is 0 Å². The minimum Gasteiger partial charge on any atom is -0.444 e. The summed E-state index contributed by atoms with van der Waals surface area (Å²) in [6.07, 6.45) is 0.597. The van der Waals surface area contributed by atoms with E-state index in [-0.39, 0.29) is 6.09 Å². The second kappa shape index (κ2) is 8.22. The zero-order valence-corrected chi connectivity index (χ0v) is 15.5. The van der Waals surface area contributed by atoms with Crippen molar-refractivity contribution in [3.63, 3.8) is 0 Å². The molecule has 0 aliphatic carbocycles. The zero-order valence-electron chi connectivity index (χ0n) is 15.5. The number of carbonyl (C=O) groups is 1. The van der Waals surface area contributed by atoms with Gasteiger partial charge in [-0.25, -0.2) is 4.79 Å². The van der Waals surface area contributed by atoms with Gasteiger partial charge in [-0.2, -0.15) is 0 Å². The van der Waals surface area contributed by atoms with E-state index in [2.05, 4.69) is 11.8 Å². The lowest BCUT2D eigenvalue weighted by Crippen LogP contribution is -2.40. The minimum absolute atomic E-state index is 0.261. The lowest BCUT2D eigenvalue weighted by Gasteiger charge is -2.31. The summed E-state index contributed by atoms with van der Waals surface area (Å²) in [5, 5.41) is 9.50. The number of aliphatic hydroxyl groups excluding tert-OH is 1. The molecule has 1 unspecified atom stereocenters. The number of amides is 1. The molecule has 0 aromatic heterocycles. The lowest BCUT2D eigenvalue weighted by molar-refractivity contribution is 0.0236. The molecule has 134 valence electrons. The summed E-state index contributed by atoms with van der Waals surface area (Å²) in [4.78, 5) is 14.0. The van der Waals surface area contributed by atoms with Crippen LogP contribution in [0.3, 0.4) is 0 Å². The van der Waals surface area contributed by atoms with Gasteiger partial charge in [-0.1, -0.05) is 47.7 Å². The molecule has 1 atom stereocenters. The topological polar surface area (TPSA) is 49.8 Å². The van der Waals surface area contributed by atoms with Gasteiger partial charge in [0.15, 0.2) is 0 Å². The standard InChI is InChI=1S/C21H27NO3/c1-16(23)10-11-19(17-8-6-5-7-9-17)18-12-14-22(15-13-18)20(24)25-21(2,3)4/h5-9,16,23H,12-15H2,1-4H3. The Kier molecular flexibility index (Phi) is 6.27. The maximum Gasteiger partial charge on any atom is 0.410 e. The van der Waals surface area contributed by atoms with E-state index in [1.165, 1.54) is 5.57 Å². The molecule has 1 saturated heterocycles. The maximum absolute atomic E-state index is 12.2. The number of rotatable bonds is 1. The Morgan fingerprint density at radius 2 is 1.80 bits per heavy atom. The van der Waals surface area contributed by atoms with Gasteiger partial charge in [0.25, 0.3) is 0 Å². The van der Waals surface area contributed by atoms with Crippen LogP contribution in [0, 0.1) is 11.8 Å². The molecule has 0 bridgehead atoms. The summed E-state index contributed by atoms with van der Waals surface area (Å²) in [5.74, 6) is 5.98. The smallest absolute Gasteiger partial charge is 0.410 e. The number of hydrogen-bond donors (Lipinski definition) is 1. The van der Waals surface area contributed by atoms with Crippen molar-refractivity contribution >= 4 is 11.7 Å². The number of piperidine rings is 1. The van der Waals surface area contributed by atoms with Gasteiger partial charge in [-0.15, -0.1) is 0 Å². The van der Waals surface area contributed by atoms with E-state index in [1.807, 2.05) is 51.1 Å². The third kappa shape index (κ3) is 5.95. The van der Waals surface area contributed by atoms with Crippen LogP contribution in [0.4, 0.5) is 4.79 Å². The molecule has 4 heteroatoms. The van der Waals surface area contributed by atoms with E-state index < -0.39 is 11.7 Å². The molecule has 25 heavy (non-hydrogen) atoms. The number of hydrogen-bond acceptors (Lipinski definition) is 3. The van der Waals surface area contributed by atoms with Gasteiger partial charge in [-0.3, -0.25) is 0 Å². The molecule has 0 radical (unpaired) electrons. The molecular formula is C21H27NO3. The fourth-order valence-electron chi connectivity index (χ4n) is 2.68. The van der Waals surface area contributed by atoms with E-state index >= 15 is 0 Å². The summed E-state index contributed by atoms with van der Waals surface area (Å²) in [6, 6.07) is 9.99. The van der Waals surface area contributed by atoms with Gasteiger partial charge < -0.3 is 14.7 Å². The molecule has 1 heterocycles. The van der Waals surface area contributed by atoms with Crippen LogP contribution in [-0.4, -0.2) is 40.9 Å². The average molecular weight is 341 g/mol. The predicted molar refractivity (Wildman–Crippen MR) is 99.9 cm³/mol. The second-order valence-electron chi connectivity index (χ2n) is 7.26. The number of ether oxygens (including phenoxy) is 1. The maximum atomic E-state index is 12.2. The van der Waals surface area contributed by atoms with Gasteiger partial charge in [0.05, 0.1) is 0 Å². The highest BCUT2D eigenvalue weighted by atomic mass is 16.6. The minimum atomic E-state index is -0.666. The molecular weight excluding hydrogens is 314 g/mol.